The molecule has 1 amide bonds. The molecule has 2 aromatic carbocycles. The number of ether oxygens (including phenoxy) is 1. The fourth-order valence-electron chi connectivity index (χ4n) is 2.76. The van der Waals surface area contributed by atoms with E-state index in [1.54, 1.807) is 43.3 Å². The molecule has 3 rings (SSSR count). The normalized spacial score (nSPS) is 15.2. The Bertz CT molecular complexity index is 1170. The number of rotatable bonds is 7. The van der Waals surface area contributed by atoms with Crippen molar-refractivity contribution in [2.45, 2.75) is 6.92 Å². The predicted octanol–water partition coefficient (Wildman–Crippen LogP) is 4.13. The third kappa shape index (κ3) is 5.16. The number of amides is 1. The van der Waals surface area contributed by atoms with Crippen molar-refractivity contribution in [3.8, 4) is 0 Å². The number of esters is 1. The minimum atomic E-state index is -0.877. The molecule has 162 valence electrons. The predicted molar refractivity (Wildman–Crippen MR) is 124 cm³/mol. The van der Waals surface area contributed by atoms with Gasteiger partial charge in [-0.05, 0) is 18.6 Å². The van der Waals surface area contributed by atoms with E-state index < -0.39 is 22.6 Å². The molecule has 0 saturated carbocycles. The maximum absolute atomic E-state index is 12.9. The van der Waals surface area contributed by atoms with Gasteiger partial charge in [-0.25, -0.2) is 4.79 Å². The van der Waals surface area contributed by atoms with E-state index in [1.807, 2.05) is 0 Å². The highest BCUT2D eigenvalue weighted by atomic mass is 32.2. The summed E-state index contributed by atoms with van der Waals surface area (Å²) in [6.07, 6.45) is 2.54. The standard InChI is InChI=1S/C22H16N2O6S2/c1-2-30-21(27)17(19(25)15-8-4-3-5-9-15)13-23-20(26)18(32-22(23)31)12-14-7-6-10-16(11-14)24(28)29/h3-13H,2H2,1H3/b17-13-,18-12-. The Morgan fingerprint density at radius 3 is 2.56 bits per heavy atom. The Morgan fingerprint density at radius 2 is 1.91 bits per heavy atom. The first kappa shape index (κ1) is 23.0. The highest BCUT2D eigenvalue weighted by Crippen LogP contribution is 2.34. The van der Waals surface area contributed by atoms with E-state index in [0.717, 1.165) is 22.9 Å². The summed E-state index contributed by atoms with van der Waals surface area (Å²) in [7, 11) is 0. The van der Waals surface area contributed by atoms with Gasteiger partial charge in [0.1, 0.15) is 5.57 Å². The molecule has 1 fully saturated rings. The molecule has 0 aliphatic carbocycles. The first-order valence-electron chi connectivity index (χ1n) is 9.32. The number of non-ortho nitro benzene ring substituents is 1. The van der Waals surface area contributed by atoms with Gasteiger partial charge in [0.05, 0.1) is 16.4 Å². The van der Waals surface area contributed by atoms with Crippen LogP contribution in [0.2, 0.25) is 0 Å². The summed E-state index contributed by atoms with van der Waals surface area (Å²) in [5.74, 6) is -2.05. The van der Waals surface area contributed by atoms with Crippen molar-refractivity contribution in [2.75, 3.05) is 6.61 Å². The molecule has 0 spiro atoms. The number of nitro benzene ring substituents is 1. The molecular formula is C22H16N2O6S2. The second-order valence-corrected chi connectivity index (χ2v) is 8.04. The molecule has 1 heterocycles. The number of nitro groups is 1. The number of carbonyl (C=O) groups excluding carboxylic acids is 3. The molecule has 8 nitrogen and oxygen atoms in total. The van der Waals surface area contributed by atoms with Gasteiger partial charge in [-0.2, -0.15) is 0 Å². The molecule has 0 atom stereocenters. The van der Waals surface area contributed by atoms with Gasteiger partial charge in [0.15, 0.2) is 4.32 Å². The van der Waals surface area contributed by atoms with Crippen LogP contribution in [0.1, 0.15) is 22.8 Å². The molecule has 0 unspecified atom stereocenters. The summed E-state index contributed by atoms with van der Waals surface area (Å²) >= 11 is 6.22. The molecule has 0 radical (unpaired) electrons. The molecule has 1 saturated heterocycles. The quantitative estimate of drug-likeness (QED) is 0.0873. The zero-order valence-electron chi connectivity index (χ0n) is 16.7. The summed E-state index contributed by atoms with van der Waals surface area (Å²) in [5.41, 5.74) is 0.233. The summed E-state index contributed by atoms with van der Waals surface area (Å²) in [6, 6.07) is 13.9. The van der Waals surface area contributed by atoms with Crippen molar-refractivity contribution in [2.24, 2.45) is 0 Å². The summed E-state index contributed by atoms with van der Waals surface area (Å²) in [5, 5.41) is 11.0. The third-order valence-corrected chi connectivity index (χ3v) is 5.57. The minimum Gasteiger partial charge on any atom is -0.462 e. The van der Waals surface area contributed by atoms with Crippen LogP contribution in [0, 0.1) is 10.1 Å². The van der Waals surface area contributed by atoms with Gasteiger partial charge < -0.3 is 4.74 Å². The summed E-state index contributed by atoms with van der Waals surface area (Å²) < 4.78 is 5.10. The second-order valence-electron chi connectivity index (χ2n) is 6.36. The van der Waals surface area contributed by atoms with Gasteiger partial charge in [-0.15, -0.1) is 0 Å². The number of carbonyl (C=O) groups is 3. The molecular weight excluding hydrogens is 452 g/mol. The molecule has 1 aliphatic heterocycles. The lowest BCUT2D eigenvalue weighted by molar-refractivity contribution is -0.384. The van der Waals surface area contributed by atoms with Gasteiger partial charge in [-0.3, -0.25) is 24.6 Å². The van der Waals surface area contributed by atoms with Crippen LogP contribution in [-0.2, 0) is 14.3 Å². The second kappa shape index (κ2) is 10.1. The molecule has 0 bridgehead atoms. The average Bonchev–Trinajstić information content (AvgIpc) is 3.04. The Balaban J connectivity index is 1.96. The van der Waals surface area contributed by atoms with Gasteiger partial charge in [0.25, 0.3) is 11.6 Å². The molecule has 0 N–H and O–H groups in total. The molecule has 0 aromatic heterocycles. The van der Waals surface area contributed by atoms with E-state index >= 15 is 0 Å². The largest absolute Gasteiger partial charge is 0.462 e. The first-order chi connectivity index (χ1) is 15.3. The molecule has 1 aliphatic rings. The third-order valence-electron chi connectivity index (χ3n) is 4.24. The smallest absolute Gasteiger partial charge is 0.343 e. The van der Waals surface area contributed by atoms with E-state index in [4.69, 9.17) is 17.0 Å². The lowest BCUT2D eigenvalue weighted by Crippen LogP contribution is -2.26. The monoisotopic (exact) mass is 468 g/mol. The topological polar surface area (TPSA) is 107 Å². The maximum atomic E-state index is 12.9. The number of thioether (sulfide) groups is 1. The maximum Gasteiger partial charge on any atom is 0.343 e. The van der Waals surface area contributed by atoms with Crippen LogP contribution >= 0.6 is 24.0 Å². The van der Waals surface area contributed by atoms with E-state index in [1.165, 1.54) is 24.3 Å². The highest BCUT2D eigenvalue weighted by molar-refractivity contribution is 8.26. The highest BCUT2D eigenvalue weighted by Gasteiger charge is 2.33. The molecule has 2 aromatic rings. The van der Waals surface area contributed by atoms with Gasteiger partial charge >= 0.3 is 5.97 Å². The van der Waals surface area contributed by atoms with Crippen LogP contribution in [-0.4, -0.2) is 38.4 Å². The van der Waals surface area contributed by atoms with Crippen molar-refractivity contribution in [1.82, 2.24) is 4.90 Å². The van der Waals surface area contributed by atoms with Crippen molar-refractivity contribution in [3.05, 3.63) is 92.5 Å². The van der Waals surface area contributed by atoms with Crippen LogP contribution < -0.4 is 0 Å². The van der Waals surface area contributed by atoms with Gasteiger partial charge in [-0.1, -0.05) is 66.4 Å². The Hall–Kier alpha value is -3.63. The first-order valence-corrected chi connectivity index (χ1v) is 10.5. The number of thiocarbonyl (C=S) groups is 1. The Morgan fingerprint density at radius 1 is 1.19 bits per heavy atom. The number of ketones is 1. The number of nitrogens with zero attached hydrogens (tertiary/aromatic N) is 2. The lowest BCUT2D eigenvalue weighted by Gasteiger charge is -2.12. The zero-order chi connectivity index (χ0) is 23.3. The minimum absolute atomic E-state index is 0.0450. The van der Waals surface area contributed by atoms with Crippen LogP contribution in [0.25, 0.3) is 6.08 Å². The summed E-state index contributed by atoms with van der Waals surface area (Å²) in [6.45, 7) is 1.65. The van der Waals surface area contributed by atoms with Crippen molar-refractivity contribution in [1.29, 1.82) is 0 Å². The van der Waals surface area contributed by atoms with Crippen LogP contribution in [0.4, 0.5) is 5.69 Å². The lowest BCUT2D eigenvalue weighted by atomic mass is 10.0. The fourth-order valence-corrected chi connectivity index (χ4v) is 3.97. The number of benzene rings is 2. The zero-order valence-corrected chi connectivity index (χ0v) is 18.4. The SMILES string of the molecule is CCOC(=O)/C(=C\N1C(=O)/C(=C/c2cccc([N+](=O)[O-])c2)SC1=S)C(=O)c1ccccc1. The van der Waals surface area contributed by atoms with Crippen LogP contribution in [0.3, 0.4) is 0 Å². The van der Waals surface area contributed by atoms with Gasteiger partial charge in [0.2, 0.25) is 5.78 Å². The van der Waals surface area contributed by atoms with E-state index in [-0.39, 0.29) is 32.7 Å². The van der Waals surface area contributed by atoms with Crippen molar-refractivity contribution < 1.29 is 24.0 Å². The Kier molecular flexibility index (Phi) is 7.29. The average molecular weight is 469 g/mol. The number of Topliss-reactive ketones (excluding diaryl/α,β-unsaturated/α-hetero) is 1. The van der Waals surface area contributed by atoms with E-state index in [9.17, 15) is 24.5 Å². The number of hydrogen-bond donors (Lipinski definition) is 0. The van der Waals surface area contributed by atoms with E-state index in [0.29, 0.717) is 5.56 Å². The van der Waals surface area contributed by atoms with Crippen molar-refractivity contribution in [3.63, 3.8) is 0 Å². The van der Waals surface area contributed by atoms with Crippen LogP contribution in [0.15, 0.2) is 71.3 Å². The molecule has 32 heavy (non-hydrogen) atoms. The van der Waals surface area contributed by atoms with Gasteiger partial charge in [0, 0.05) is 23.9 Å². The van der Waals surface area contributed by atoms with E-state index in [2.05, 4.69) is 0 Å². The summed E-state index contributed by atoms with van der Waals surface area (Å²) in [4.78, 5) is 49.9. The number of hydrogen-bond acceptors (Lipinski definition) is 8. The van der Waals surface area contributed by atoms with Crippen molar-refractivity contribution >= 4 is 57.7 Å². The molecule has 10 heteroatoms. The fraction of sp³-hybridized carbons (Fsp3) is 0.0909. The van der Waals surface area contributed by atoms with Crippen LogP contribution in [0.5, 0.6) is 0 Å². The Labute approximate surface area is 192 Å².